The van der Waals surface area contributed by atoms with Crippen LogP contribution >= 0.6 is 7.82 Å². The molecule has 0 fully saturated rings. The average Bonchev–Trinajstić information content (AvgIpc) is 3.11. The van der Waals surface area contributed by atoms with Gasteiger partial charge in [-0.2, -0.15) is 0 Å². The molecular weight excluding hydrogens is 685 g/mol. The molecule has 0 amide bonds. The summed E-state index contributed by atoms with van der Waals surface area (Å²) in [5, 5.41) is 0. The second-order valence-corrected chi connectivity index (χ2v) is 16.8. The molecule has 0 aromatic rings. The fourth-order valence-electron chi connectivity index (χ4n) is 5.49. The van der Waals surface area contributed by atoms with Gasteiger partial charge in [-0.3, -0.25) is 13.8 Å². The van der Waals surface area contributed by atoms with Crippen LogP contribution in [0, 0.1) is 0 Å². The fraction of sp³-hybridized carbons (Fsp3) is 0.795. The van der Waals surface area contributed by atoms with E-state index in [0.29, 0.717) is 24.1 Å². The minimum absolute atomic E-state index is 0.0820. The summed E-state index contributed by atoms with van der Waals surface area (Å²) >= 11 is 0. The third kappa shape index (κ3) is 41.5. The number of ether oxygens (including phenoxy) is 2. The highest BCUT2D eigenvalue weighted by Gasteiger charge is 2.26. The first-order valence-corrected chi connectivity index (χ1v) is 22.9. The second-order valence-electron chi connectivity index (χ2n) is 15.4. The van der Waals surface area contributed by atoms with Crippen molar-refractivity contribution in [3.05, 3.63) is 48.6 Å². The zero-order chi connectivity index (χ0) is 39.1. The molecule has 0 saturated heterocycles. The number of rotatable bonds is 39. The van der Waals surface area contributed by atoms with Gasteiger partial charge in [0, 0.05) is 13.0 Å². The maximum absolute atomic E-state index is 12.7. The van der Waals surface area contributed by atoms with Crippen LogP contribution in [-0.2, 0) is 27.9 Å². The number of phosphoric acid groups is 1. The maximum atomic E-state index is 12.7. The average molecular weight is 769 g/mol. The summed E-state index contributed by atoms with van der Waals surface area (Å²) in [6, 6.07) is 0. The molecule has 0 aliphatic carbocycles. The lowest BCUT2D eigenvalue weighted by Gasteiger charge is -2.24. The van der Waals surface area contributed by atoms with Gasteiger partial charge in [-0.1, -0.05) is 133 Å². The van der Waals surface area contributed by atoms with Crippen LogP contribution < -0.4 is 0 Å². The summed E-state index contributed by atoms with van der Waals surface area (Å²) in [7, 11) is 1.64. The van der Waals surface area contributed by atoms with Gasteiger partial charge in [0.05, 0.1) is 34.4 Å². The normalized spacial score (nSPS) is 14.3. The Morgan fingerprint density at radius 2 is 1.04 bits per heavy atom. The number of carbonyl (C=O) groups excluding carboxylic acids is 1. The Kier molecular flexibility index (Phi) is 36.3. The Morgan fingerprint density at radius 3 is 1.53 bits per heavy atom. The Labute approximate surface area is 327 Å². The lowest BCUT2D eigenvalue weighted by molar-refractivity contribution is -0.870. The van der Waals surface area contributed by atoms with Gasteiger partial charge in [0.15, 0.2) is 0 Å². The van der Waals surface area contributed by atoms with Gasteiger partial charge in [0.2, 0.25) is 0 Å². The molecule has 2 atom stereocenters. The van der Waals surface area contributed by atoms with E-state index >= 15 is 0 Å². The third-order valence-electron chi connectivity index (χ3n) is 8.86. The summed E-state index contributed by atoms with van der Waals surface area (Å²) in [6.07, 6.45) is 44.2. The van der Waals surface area contributed by atoms with Crippen LogP contribution in [0.2, 0.25) is 0 Å². The summed E-state index contributed by atoms with van der Waals surface area (Å²) in [5.74, 6) is -0.333. The number of hydrogen-bond acceptors (Lipinski definition) is 6. The predicted molar refractivity (Wildman–Crippen MR) is 224 cm³/mol. The topological polar surface area (TPSA) is 91.3 Å². The van der Waals surface area contributed by atoms with Crippen molar-refractivity contribution in [1.29, 1.82) is 0 Å². The van der Waals surface area contributed by atoms with Crippen molar-refractivity contribution in [2.75, 3.05) is 54.1 Å². The molecule has 8 nitrogen and oxygen atoms in total. The molecule has 9 heteroatoms. The van der Waals surface area contributed by atoms with E-state index in [9.17, 15) is 14.3 Å². The lowest BCUT2D eigenvalue weighted by Crippen LogP contribution is -2.37. The minimum Gasteiger partial charge on any atom is -0.457 e. The summed E-state index contributed by atoms with van der Waals surface area (Å²) in [5.41, 5.74) is 0. The number of carbonyl (C=O) groups is 1. The number of phosphoric ester groups is 1. The van der Waals surface area contributed by atoms with Crippen LogP contribution in [0.1, 0.15) is 168 Å². The molecule has 1 N–H and O–H groups in total. The van der Waals surface area contributed by atoms with Crippen molar-refractivity contribution in [2.45, 2.75) is 174 Å². The van der Waals surface area contributed by atoms with Crippen LogP contribution in [0.3, 0.4) is 0 Å². The SMILES string of the molecule is CCCCC/C=C\C/C=C\CCCCCCCCOC[C@H](COP(=O)(O)OCC[N+](C)(C)C)OC(=O)CCCCCCC/C=C\C/C=C\CCCCC. The molecular formula is C44H83NO7P+. The van der Waals surface area contributed by atoms with Crippen LogP contribution in [-0.4, -0.2) is 75.6 Å². The summed E-state index contributed by atoms with van der Waals surface area (Å²) < 4.78 is 34.9. The molecule has 53 heavy (non-hydrogen) atoms. The number of likely N-dealkylation sites (N-methyl/N-ethyl adjacent to an activating group) is 1. The molecule has 0 aliphatic heterocycles. The number of nitrogens with zero attached hydrogens (tertiary/aromatic N) is 1. The summed E-state index contributed by atoms with van der Waals surface area (Å²) in [6.45, 7) is 5.52. The zero-order valence-electron chi connectivity index (χ0n) is 35.0. The van der Waals surface area contributed by atoms with E-state index in [2.05, 4.69) is 62.5 Å². The Morgan fingerprint density at radius 1 is 0.585 bits per heavy atom. The van der Waals surface area contributed by atoms with E-state index < -0.39 is 13.9 Å². The number of allylic oxidation sites excluding steroid dienone is 8. The minimum atomic E-state index is -4.28. The molecule has 0 bridgehead atoms. The molecule has 0 radical (unpaired) electrons. The number of unbranched alkanes of at least 4 members (excludes halogenated alkanes) is 17. The maximum Gasteiger partial charge on any atom is 0.472 e. The quantitative estimate of drug-likeness (QED) is 0.0219. The zero-order valence-corrected chi connectivity index (χ0v) is 35.9. The molecule has 310 valence electrons. The van der Waals surface area contributed by atoms with E-state index in [1.54, 1.807) is 0 Å². The van der Waals surface area contributed by atoms with Gasteiger partial charge >= 0.3 is 13.8 Å². The van der Waals surface area contributed by atoms with Gasteiger partial charge in [-0.15, -0.1) is 0 Å². The molecule has 0 spiro atoms. The Bertz CT molecular complexity index is 989. The lowest BCUT2D eigenvalue weighted by atomic mass is 10.1. The Balaban J connectivity index is 4.31. The van der Waals surface area contributed by atoms with Crippen molar-refractivity contribution in [2.24, 2.45) is 0 Å². The second kappa shape index (κ2) is 37.4. The Hall–Kier alpha value is -1.54. The monoisotopic (exact) mass is 769 g/mol. The van der Waals surface area contributed by atoms with E-state index in [0.717, 1.165) is 70.6 Å². The standard InChI is InChI=1S/C44H82NO7P/c1-6-8-10-12-14-16-18-20-22-24-26-28-30-32-34-36-39-49-41-43(42-51-53(47,48)50-40-38-45(3,4)5)52-44(46)37-35-33-31-29-27-25-23-21-19-17-15-13-11-9-7-2/h14-17,20-23,43H,6-13,18-19,24-42H2,1-5H3/p+1/b16-14-,17-15-,22-20-,23-21-/t43-/m1/s1. The van der Waals surface area contributed by atoms with E-state index in [1.165, 1.54) is 77.0 Å². The van der Waals surface area contributed by atoms with Crippen LogP contribution in [0.4, 0.5) is 0 Å². The van der Waals surface area contributed by atoms with Gasteiger partial charge < -0.3 is 18.9 Å². The van der Waals surface area contributed by atoms with Crippen LogP contribution in [0.25, 0.3) is 0 Å². The number of hydrogen-bond donors (Lipinski definition) is 1. The molecule has 0 heterocycles. The van der Waals surface area contributed by atoms with Crippen molar-refractivity contribution >= 4 is 13.8 Å². The van der Waals surface area contributed by atoms with Gasteiger partial charge in [-0.05, 0) is 77.0 Å². The van der Waals surface area contributed by atoms with Gasteiger partial charge in [0.1, 0.15) is 19.3 Å². The van der Waals surface area contributed by atoms with Crippen molar-refractivity contribution in [3.8, 4) is 0 Å². The molecule has 0 aromatic heterocycles. The van der Waals surface area contributed by atoms with Crippen LogP contribution in [0.15, 0.2) is 48.6 Å². The fourth-order valence-corrected chi connectivity index (χ4v) is 6.24. The third-order valence-corrected chi connectivity index (χ3v) is 9.85. The first kappa shape index (κ1) is 51.5. The molecule has 1 unspecified atom stereocenters. The highest BCUT2D eigenvalue weighted by Crippen LogP contribution is 2.43. The van der Waals surface area contributed by atoms with Crippen molar-refractivity contribution in [1.82, 2.24) is 0 Å². The van der Waals surface area contributed by atoms with Crippen LogP contribution in [0.5, 0.6) is 0 Å². The smallest absolute Gasteiger partial charge is 0.457 e. The highest BCUT2D eigenvalue weighted by atomic mass is 31.2. The molecule has 0 aliphatic rings. The van der Waals surface area contributed by atoms with E-state index in [1.807, 2.05) is 21.1 Å². The van der Waals surface area contributed by atoms with Crippen molar-refractivity contribution in [3.63, 3.8) is 0 Å². The molecule has 0 aromatic carbocycles. The number of quaternary nitrogens is 1. The van der Waals surface area contributed by atoms with E-state index in [-0.39, 0.29) is 25.8 Å². The number of esters is 1. The molecule has 0 saturated carbocycles. The van der Waals surface area contributed by atoms with Gasteiger partial charge in [-0.25, -0.2) is 4.57 Å². The van der Waals surface area contributed by atoms with Gasteiger partial charge in [0.25, 0.3) is 0 Å². The first-order valence-electron chi connectivity index (χ1n) is 21.4. The highest BCUT2D eigenvalue weighted by molar-refractivity contribution is 7.47. The summed E-state index contributed by atoms with van der Waals surface area (Å²) in [4.78, 5) is 22.8. The predicted octanol–water partition coefficient (Wildman–Crippen LogP) is 12.4. The first-order chi connectivity index (χ1) is 25.6. The van der Waals surface area contributed by atoms with Crippen molar-refractivity contribution < 1.29 is 37.3 Å². The van der Waals surface area contributed by atoms with E-state index in [4.69, 9.17) is 18.5 Å². The largest absolute Gasteiger partial charge is 0.472 e. The molecule has 0 rings (SSSR count).